The molecule has 0 spiro atoms. The van der Waals surface area contributed by atoms with E-state index in [0.717, 1.165) is 24.8 Å². The van der Waals surface area contributed by atoms with Crippen molar-refractivity contribution in [2.75, 3.05) is 24.7 Å². The van der Waals surface area contributed by atoms with Crippen molar-refractivity contribution in [3.8, 4) is 5.75 Å². The van der Waals surface area contributed by atoms with Gasteiger partial charge in [-0.1, -0.05) is 30.3 Å². The zero-order chi connectivity index (χ0) is 21.4. The number of amides is 1. The maximum atomic E-state index is 12.3. The normalized spacial score (nSPS) is 15.5. The van der Waals surface area contributed by atoms with Crippen LogP contribution in [0.5, 0.6) is 5.75 Å². The number of phenolic OH excluding ortho intramolecular Hbond substituents is 1. The summed E-state index contributed by atoms with van der Waals surface area (Å²) in [5, 5.41) is 16.6. The van der Waals surface area contributed by atoms with Crippen LogP contribution in [0.2, 0.25) is 0 Å². The number of hydrogen-bond donors (Lipinski definition) is 3. The Hall–Kier alpha value is -3.61. The molecular weight excluding hydrogens is 382 g/mol. The summed E-state index contributed by atoms with van der Waals surface area (Å²) in [6.07, 6.45) is 2.83. The molecule has 3 aromatic carbocycles. The molecule has 0 bridgehead atoms. The number of anilines is 3. The van der Waals surface area contributed by atoms with Gasteiger partial charge in [0.05, 0.1) is 17.3 Å². The van der Waals surface area contributed by atoms with Gasteiger partial charge in [-0.25, -0.2) is 0 Å². The molecule has 4 rings (SSSR count). The first kappa shape index (κ1) is 19.7. The Morgan fingerprint density at radius 2 is 1.77 bits per heavy atom. The molecule has 1 atom stereocenters. The van der Waals surface area contributed by atoms with Gasteiger partial charge in [0.25, 0.3) is 16.8 Å². The molecule has 3 aromatic rings. The molecular formula is C23H23N3O4. The Labute approximate surface area is 173 Å². The average Bonchev–Trinajstić information content (AvgIpc) is 2.76. The van der Waals surface area contributed by atoms with E-state index in [1.807, 2.05) is 18.2 Å². The quantitative estimate of drug-likeness (QED) is 0.446. The third-order valence-electron chi connectivity index (χ3n) is 5.53. The molecule has 0 saturated carbocycles. The SMILES string of the molecule is CN(C)C(=O)c1cccc(Nc2c(N[C@H]3CCCc4ccccc43)c(=O)c2=O)c1O. The maximum Gasteiger partial charge on any atom is 0.257 e. The summed E-state index contributed by atoms with van der Waals surface area (Å²) >= 11 is 0. The van der Waals surface area contributed by atoms with Crippen LogP contribution in [0.3, 0.4) is 0 Å². The summed E-state index contributed by atoms with van der Waals surface area (Å²) in [5.41, 5.74) is 1.76. The number of carbonyl (C=O) groups excluding carboxylic acids is 1. The van der Waals surface area contributed by atoms with Gasteiger partial charge in [-0.05, 0) is 42.5 Å². The van der Waals surface area contributed by atoms with Gasteiger partial charge in [0.15, 0.2) is 5.75 Å². The van der Waals surface area contributed by atoms with Crippen LogP contribution >= 0.6 is 0 Å². The van der Waals surface area contributed by atoms with E-state index in [2.05, 4.69) is 16.7 Å². The zero-order valence-corrected chi connectivity index (χ0v) is 16.9. The zero-order valence-electron chi connectivity index (χ0n) is 16.9. The first-order valence-electron chi connectivity index (χ1n) is 9.86. The summed E-state index contributed by atoms with van der Waals surface area (Å²) in [4.78, 5) is 38.1. The number of phenols is 1. The van der Waals surface area contributed by atoms with Gasteiger partial charge in [-0.15, -0.1) is 0 Å². The second-order valence-electron chi connectivity index (χ2n) is 7.72. The third-order valence-corrected chi connectivity index (χ3v) is 5.53. The van der Waals surface area contributed by atoms with Gasteiger partial charge in [0.1, 0.15) is 11.4 Å². The van der Waals surface area contributed by atoms with Crippen LogP contribution in [-0.4, -0.2) is 30.0 Å². The molecule has 1 aliphatic rings. The topological polar surface area (TPSA) is 98.7 Å². The van der Waals surface area contributed by atoms with Crippen molar-refractivity contribution in [2.45, 2.75) is 25.3 Å². The highest BCUT2D eigenvalue weighted by Gasteiger charge is 2.27. The fraction of sp³-hybridized carbons (Fsp3) is 0.261. The van der Waals surface area contributed by atoms with Crippen LogP contribution in [0.25, 0.3) is 0 Å². The molecule has 0 saturated heterocycles. The fourth-order valence-electron chi connectivity index (χ4n) is 3.92. The number of aryl methyl sites for hydroxylation is 1. The lowest BCUT2D eigenvalue weighted by Crippen LogP contribution is -2.38. The van der Waals surface area contributed by atoms with Crippen molar-refractivity contribution in [1.82, 2.24) is 4.90 Å². The van der Waals surface area contributed by atoms with E-state index in [1.54, 1.807) is 26.2 Å². The van der Waals surface area contributed by atoms with E-state index in [4.69, 9.17) is 0 Å². The molecule has 0 aromatic heterocycles. The van der Waals surface area contributed by atoms with Gasteiger partial charge in [0, 0.05) is 14.1 Å². The lowest BCUT2D eigenvalue weighted by molar-refractivity contribution is 0.0824. The minimum absolute atomic E-state index is 0.0611. The smallest absolute Gasteiger partial charge is 0.257 e. The highest BCUT2D eigenvalue weighted by Crippen LogP contribution is 2.35. The second kappa shape index (κ2) is 7.67. The molecule has 3 N–H and O–H groups in total. The minimum Gasteiger partial charge on any atom is -0.505 e. The van der Waals surface area contributed by atoms with Crippen LogP contribution in [0.15, 0.2) is 52.1 Å². The van der Waals surface area contributed by atoms with Crippen LogP contribution in [0.1, 0.15) is 40.4 Å². The average molecular weight is 405 g/mol. The van der Waals surface area contributed by atoms with Gasteiger partial charge < -0.3 is 20.6 Å². The standard InChI is InChI=1S/C23H23N3O4/c1-26(2)23(30)15-10-6-12-17(20(15)27)25-19-18(21(28)22(19)29)24-16-11-5-8-13-7-3-4-9-14(13)16/h3-4,6-7,9-10,12,16,24-25,27H,5,8,11H2,1-2H3/t16-/m0/s1. The first-order chi connectivity index (χ1) is 14.4. The molecule has 0 radical (unpaired) electrons. The van der Waals surface area contributed by atoms with Gasteiger partial charge in [-0.3, -0.25) is 14.4 Å². The second-order valence-corrected chi connectivity index (χ2v) is 7.72. The Kier molecular flexibility index (Phi) is 5.03. The van der Waals surface area contributed by atoms with E-state index in [0.29, 0.717) is 0 Å². The molecule has 1 aliphatic carbocycles. The minimum atomic E-state index is -0.648. The molecule has 0 unspecified atom stereocenters. The van der Waals surface area contributed by atoms with Crippen molar-refractivity contribution in [2.24, 2.45) is 0 Å². The molecule has 0 aliphatic heterocycles. The number of rotatable bonds is 5. The van der Waals surface area contributed by atoms with E-state index in [9.17, 15) is 19.5 Å². The molecule has 0 heterocycles. The van der Waals surface area contributed by atoms with Crippen molar-refractivity contribution < 1.29 is 9.90 Å². The lowest BCUT2D eigenvalue weighted by Gasteiger charge is -2.28. The molecule has 30 heavy (non-hydrogen) atoms. The maximum absolute atomic E-state index is 12.3. The number of nitrogens with one attached hydrogen (secondary N) is 2. The van der Waals surface area contributed by atoms with Gasteiger partial charge in [0.2, 0.25) is 0 Å². The summed E-state index contributed by atoms with van der Waals surface area (Å²) in [5.74, 6) is -0.628. The predicted octanol–water partition coefficient (Wildman–Crippen LogP) is 2.92. The number of benzene rings is 2. The Morgan fingerprint density at radius 3 is 2.53 bits per heavy atom. The largest absolute Gasteiger partial charge is 0.505 e. The van der Waals surface area contributed by atoms with Crippen molar-refractivity contribution in [1.29, 1.82) is 0 Å². The molecule has 0 fully saturated rings. The van der Waals surface area contributed by atoms with E-state index >= 15 is 0 Å². The summed E-state index contributed by atoms with van der Waals surface area (Å²) < 4.78 is 0. The summed E-state index contributed by atoms with van der Waals surface area (Å²) in [6, 6.07) is 12.7. The molecule has 154 valence electrons. The van der Waals surface area contributed by atoms with Crippen LogP contribution in [0.4, 0.5) is 17.1 Å². The summed E-state index contributed by atoms with van der Waals surface area (Å²) in [6.45, 7) is 0. The fourth-order valence-corrected chi connectivity index (χ4v) is 3.92. The van der Waals surface area contributed by atoms with Crippen molar-refractivity contribution in [3.63, 3.8) is 0 Å². The third kappa shape index (κ3) is 3.32. The molecule has 7 heteroatoms. The van der Waals surface area contributed by atoms with Crippen LogP contribution < -0.4 is 21.5 Å². The Morgan fingerprint density at radius 1 is 1.03 bits per heavy atom. The van der Waals surface area contributed by atoms with E-state index in [-0.39, 0.29) is 40.3 Å². The monoisotopic (exact) mass is 405 g/mol. The Bertz CT molecular complexity index is 1190. The number of aromatic hydroxyl groups is 1. The van der Waals surface area contributed by atoms with Crippen LogP contribution in [-0.2, 0) is 6.42 Å². The van der Waals surface area contributed by atoms with E-state index in [1.165, 1.54) is 16.5 Å². The number of nitrogens with zero attached hydrogens (tertiary/aromatic N) is 1. The number of hydrogen-bond acceptors (Lipinski definition) is 6. The van der Waals surface area contributed by atoms with Gasteiger partial charge >= 0.3 is 0 Å². The first-order valence-corrected chi connectivity index (χ1v) is 9.86. The molecule has 7 nitrogen and oxygen atoms in total. The van der Waals surface area contributed by atoms with Gasteiger partial charge in [-0.2, -0.15) is 0 Å². The van der Waals surface area contributed by atoms with E-state index < -0.39 is 10.9 Å². The lowest BCUT2D eigenvalue weighted by atomic mass is 9.87. The highest BCUT2D eigenvalue weighted by molar-refractivity contribution is 5.99. The number of fused-ring (bicyclic) bond motifs is 1. The predicted molar refractivity (Wildman–Crippen MR) is 117 cm³/mol. The highest BCUT2D eigenvalue weighted by atomic mass is 16.3. The summed E-state index contributed by atoms with van der Waals surface area (Å²) in [7, 11) is 3.17. The van der Waals surface area contributed by atoms with Crippen molar-refractivity contribution in [3.05, 3.63) is 79.6 Å². The van der Waals surface area contributed by atoms with Crippen LogP contribution in [0, 0.1) is 0 Å². The number of para-hydroxylation sites is 1. The molecule has 1 amide bonds. The number of carbonyl (C=O) groups is 1. The Balaban J connectivity index is 1.63. The van der Waals surface area contributed by atoms with Crippen molar-refractivity contribution >= 4 is 23.0 Å².